The molecule has 1 aromatic rings. The molecule has 0 saturated carbocycles. The van der Waals surface area contributed by atoms with E-state index in [2.05, 4.69) is 19.2 Å². The summed E-state index contributed by atoms with van der Waals surface area (Å²) in [4.78, 5) is 0.353. The Morgan fingerprint density at radius 3 is 2.57 bits per heavy atom. The van der Waals surface area contributed by atoms with Crippen molar-refractivity contribution in [2.24, 2.45) is 0 Å². The fourth-order valence-electron chi connectivity index (χ4n) is 2.84. The van der Waals surface area contributed by atoms with Crippen LogP contribution in [0.3, 0.4) is 0 Å². The van der Waals surface area contributed by atoms with E-state index in [4.69, 9.17) is 4.74 Å². The van der Waals surface area contributed by atoms with Crippen molar-refractivity contribution in [3.05, 3.63) is 29.8 Å². The average molecular weight is 311 g/mol. The van der Waals surface area contributed by atoms with Gasteiger partial charge in [-0.25, -0.2) is 8.42 Å². The number of sulfone groups is 1. The van der Waals surface area contributed by atoms with Gasteiger partial charge in [0.05, 0.1) is 10.5 Å². The standard InChI is InChI=1S/C16H25NO3S/c1-4-10-17-14-9-11-20-16(2,12-14)13-5-7-15(8-6-13)21(3,18)19/h5-8,14,17H,4,9-12H2,1-3H3. The van der Waals surface area contributed by atoms with Crippen LogP contribution in [0.25, 0.3) is 0 Å². The summed E-state index contributed by atoms with van der Waals surface area (Å²) in [6, 6.07) is 7.54. The number of nitrogens with one attached hydrogen (secondary N) is 1. The van der Waals surface area contributed by atoms with E-state index in [0.29, 0.717) is 10.9 Å². The van der Waals surface area contributed by atoms with Crippen molar-refractivity contribution in [3.63, 3.8) is 0 Å². The lowest BCUT2D eigenvalue weighted by molar-refractivity contribution is -0.0812. The maximum Gasteiger partial charge on any atom is 0.175 e. The van der Waals surface area contributed by atoms with E-state index in [1.807, 2.05) is 12.1 Å². The van der Waals surface area contributed by atoms with Crippen LogP contribution in [0.4, 0.5) is 0 Å². The van der Waals surface area contributed by atoms with Crippen LogP contribution in [0.2, 0.25) is 0 Å². The van der Waals surface area contributed by atoms with Gasteiger partial charge >= 0.3 is 0 Å². The molecular formula is C16H25NO3S. The van der Waals surface area contributed by atoms with E-state index in [1.54, 1.807) is 12.1 Å². The number of benzene rings is 1. The Bertz CT molecular complexity index is 568. The Hall–Kier alpha value is -0.910. The van der Waals surface area contributed by atoms with Crippen molar-refractivity contribution in [2.45, 2.75) is 49.6 Å². The molecule has 1 aliphatic rings. The van der Waals surface area contributed by atoms with Gasteiger partial charge in [0.1, 0.15) is 0 Å². The van der Waals surface area contributed by atoms with Crippen LogP contribution in [-0.2, 0) is 20.2 Å². The van der Waals surface area contributed by atoms with Gasteiger partial charge in [0.15, 0.2) is 9.84 Å². The van der Waals surface area contributed by atoms with Gasteiger partial charge < -0.3 is 10.1 Å². The molecule has 1 aliphatic heterocycles. The van der Waals surface area contributed by atoms with Gasteiger partial charge in [0.2, 0.25) is 0 Å². The maximum absolute atomic E-state index is 11.5. The third-order valence-corrected chi connectivity index (χ3v) is 5.23. The molecule has 1 fully saturated rings. The summed E-state index contributed by atoms with van der Waals surface area (Å²) in [6.45, 7) is 6.00. The molecular weight excluding hydrogens is 286 g/mol. The van der Waals surface area contributed by atoms with Crippen molar-refractivity contribution in [2.75, 3.05) is 19.4 Å². The summed E-state index contributed by atoms with van der Waals surface area (Å²) >= 11 is 0. The maximum atomic E-state index is 11.5. The second-order valence-electron chi connectivity index (χ2n) is 6.02. The van der Waals surface area contributed by atoms with Crippen molar-refractivity contribution in [1.82, 2.24) is 5.32 Å². The van der Waals surface area contributed by atoms with E-state index < -0.39 is 9.84 Å². The number of ether oxygens (including phenoxy) is 1. The average Bonchev–Trinajstić information content (AvgIpc) is 2.44. The van der Waals surface area contributed by atoms with Gasteiger partial charge in [-0.1, -0.05) is 19.1 Å². The zero-order valence-electron chi connectivity index (χ0n) is 13.1. The Kier molecular flexibility index (Phi) is 5.07. The summed E-state index contributed by atoms with van der Waals surface area (Å²) in [5.41, 5.74) is 0.692. The lowest BCUT2D eigenvalue weighted by Crippen LogP contribution is -2.44. The SMILES string of the molecule is CCCNC1CCOC(C)(c2ccc(S(C)(=O)=O)cc2)C1. The highest BCUT2D eigenvalue weighted by molar-refractivity contribution is 7.90. The number of hydrogen-bond acceptors (Lipinski definition) is 4. The first-order valence-electron chi connectivity index (χ1n) is 7.53. The molecule has 5 heteroatoms. The summed E-state index contributed by atoms with van der Waals surface area (Å²) in [5.74, 6) is 0. The van der Waals surface area contributed by atoms with E-state index in [9.17, 15) is 8.42 Å². The van der Waals surface area contributed by atoms with Crippen LogP contribution in [0.5, 0.6) is 0 Å². The molecule has 0 bridgehead atoms. The zero-order chi connectivity index (χ0) is 15.5. The van der Waals surface area contributed by atoms with Crippen LogP contribution in [0, 0.1) is 0 Å². The van der Waals surface area contributed by atoms with E-state index in [-0.39, 0.29) is 5.60 Å². The largest absolute Gasteiger partial charge is 0.370 e. The van der Waals surface area contributed by atoms with Gasteiger partial charge in [-0.15, -0.1) is 0 Å². The molecule has 118 valence electrons. The van der Waals surface area contributed by atoms with Crippen LogP contribution in [0.15, 0.2) is 29.2 Å². The molecule has 0 aromatic heterocycles. The molecule has 2 rings (SSSR count). The highest BCUT2D eigenvalue weighted by atomic mass is 32.2. The molecule has 0 amide bonds. The molecule has 1 saturated heterocycles. The summed E-state index contributed by atoms with van der Waals surface area (Å²) in [7, 11) is -3.15. The van der Waals surface area contributed by atoms with Crippen LogP contribution in [-0.4, -0.2) is 33.9 Å². The minimum Gasteiger partial charge on any atom is -0.370 e. The quantitative estimate of drug-likeness (QED) is 0.907. The molecule has 21 heavy (non-hydrogen) atoms. The third-order valence-electron chi connectivity index (χ3n) is 4.10. The lowest BCUT2D eigenvalue weighted by Gasteiger charge is -2.39. The van der Waals surface area contributed by atoms with Crippen LogP contribution >= 0.6 is 0 Å². The molecule has 0 radical (unpaired) electrons. The Labute approximate surface area is 127 Å². The van der Waals surface area contributed by atoms with Gasteiger partial charge in [0, 0.05) is 18.9 Å². The molecule has 2 atom stereocenters. The first-order valence-corrected chi connectivity index (χ1v) is 9.42. The Morgan fingerprint density at radius 1 is 1.33 bits per heavy atom. The molecule has 2 unspecified atom stereocenters. The highest BCUT2D eigenvalue weighted by Gasteiger charge is 2.34. The molecule has 0 aliphatic carbocycles. The fraction of sp³-hybridized carbons (Fsp3) is 0.625. The topological polar surface area (TPSA) is 55.4 Å². The second-order valence-corrected chi connectivity index (χ2v) is 8.04. The van der Waals surface area contributed by atoms with E-state index >= 15 is 0 Å². The van der Waals surface area contributed by atoms with Crippen LogP contribution in [0.1, 0.15) is 38.7 Å². The molecule has 1 heterocycles. The molecule has 4 nitrogen and oxygen atoms in total. The summed E-state index contributed by atoms with van der Waals surface area (Å²) in [6.07, 6.45) is 4.28. The van der Waals surface area contributed by atoms with E-state index in [0.717, 1.165) is 38.0 Å². The number of hydrogen-bond donors (Lipinski definition) is 1. The van der Waals surface area contributed by atoms with Gasteiger partial charge in [-0.3, -0.25) is 0 Å². The van der Waals surface area contributed by atoms with Crippen LogP contribution < -0.4 is 5.32 Å². The van der Waals surface area contributed by atoms with Gasteiger partial charge in [-0.05, 0) is 50.4 Å². The van der Waals surface area contributed by atoms with Crippen molar-refractivity contribution in [3.8, 4) is 0 Å². The first kappa shape index (κ1) is 16.5. The second kappa shape index (κ2) is 6.46. The van der Waals surface area contributed by atoms with Crippen molar-refractivity contribution < 1.29 is 13.2 Å². The van der Waals surface area contributed by atoms with E-state index in [1.165, 1.54) is 6.26 Å². The first-order chi connectivity index (χ1) is 9.85. The van der Waals surface area contributed by atoms with Crippen molar-refractivity contribution in [1.29, 1.82) is 0 Å². The number of rotatable bonds is 5. The van der Waals surface area contributed by atoms with Gasteiger partial charge in [0.25, 0.3) is 0 Å². The van der Waals surface area contributed by atoms with Gasteiger partial charge in [-0.2, -0.15) is 0 Å². The minimum atomic E-state index is -3.15. The lowest BCUT2D eigenvalue weighted by atomic mass is 9.86. The Balaban J connectivity index is 2.15. The normalized spacial score (nSPS) is 26.7. The zero-order valence-corrected chi connectivity index (χ0v) is 13.9. The minimum absolute atomic E-state index is 0.348. The predicted molar refractivity (Wildman–Crippen MR) is 84.2 cm³/mol. The Morgan fingerprint density at radius 2 is 2.00 bits per heavy atom. The highest BCUT2D eigenvalue weighted by Crippen LogP contribution is 2.35. The molecule has 1 aromatic carbocycles. The smallest absolute Gasteiger partial charge is 0.175 e. The summed E-state index contributed by atoms with van der Waals surface area (Å²) in [5, 5.41) is 3.56. The summed E-state index contributed by atoms with van der Waals surface area (Å²) < 4.78 is 29.1. The fourth-order valence-corrected chi connectivity index (χ4v) is 3.47. The molecule has 1 N–H and O–H groups in total. The predicted octanol–water partition coefficient (Wildman–Crippen LogP) is 2.48. The van der Waals surface area contributed by atoms with Crippen molar-refractivity contribution >= 4 is 9.84 Å². The monoisotopic (exact) mass is 311 g/mol. The molecule has 0 spiro atoms. The third kappa shape index (κ3) is 4.05.